The van der Waals surface area contributed by atoms with Gasteiger partial charge in [0.1, 0.15) is 4.90 Å². The molecule has 7 heteroatoms. The Labute approximate surface area is 111 Å². The predicted molar refractivity (Wildman–Crippen MR) is 67.5 cm³/mol. The number of nitrogens with zero attached hydrogens (tertiary/aromatic N) is 1. The van der Waals surface area contributed by atoms with Crippen LogP contribution in [0.4, 0.5) is 4.39 Å². The zero-order valence-corrected chi connectivity index (χ0v) is 11.7. The summed E-state index contributed by atoms with van der Waals surface area (Å²) >= 11 is 5.55. The molecule has 0 saturated carbocycles. The molecule has 0 heterocycles. The van der Waals surface area contributed by atoms with Crippen LogP contribution in [0, 0.1) is 5.82 Å². The molecule has 1 N–H and O–H groups in total. The van der Waals surface area contributed by atoms with Crippen LogP contribution >= 0.6 is 11.6 Å². The maximum Gasteiger partial charge on any atom is 0.245 e. The molecule has 0 aromatic heterocycles. The van der Waals surface area contributed by atoms with E-state index in [2.05, 4.69) is 0 Å². The van der Waals surface area contributed by atoms with E-state index in [4.69, 9.17) is 16.7 Å². The van der Waals surface area contributed by atoms with E-state index in [0.29, 0.717) is 0 Å². The summed E-state index contributed by atoms with van der Waals surface area (Å²) in [6.45, 7) is 1.66. The van der Waals surface area contributed by atoms with Crippen LogP contribution in [0.25, 0.3) is 0 Å². The lowest BCUT2D eigenvalue weighted by Crippen LogP contribution is -2.30. The van der Waals surface area contributed by atoms with E-state index in [1.807, 2.05) is 0 Å². The smallest absolute Gasteiger partial charge is 0.245 e. The minimum absolute atomic E-state index is 0.103. The molecular formula is C11H15ClFNO3S. The Bertz CT molecular complexity index is 519. The molecule has 1 rings (SSSR count). The zero-order chi connectivity index (χ0) is 13.9. The quantitative estimate of drug-likeness (QED) is 0.902. The maximum atomic E-state index is 13.7. The molecule has 1 atom stereocenters. The van der Waals surface area contributed by atoms with Gasteiger partial charge in [-0.05, 0) is 25.5 Å². The summed E-state index contributed by atoms with van der Waals surface area (Å²) < 4.78 is 38.8. The highest BCUT2D eigenvalue weighted by Crippen LogP contribution is 2.24. The Balaban J connectivity index is 3.02. The van der Waals surface area contributed by atoms with E-state index >= 15 is 0 Å². The van der Waals surface area contributed by atoms with Crippen molar-refractivity contribution in [1.29, 1.82) is 0 Å². The first-order chi connectivity index (χ1) is 8.26. The number of rotatable bonds is 5. The molecule has 0 aliphatic rings. The second-order valence-electron chi connectivity index (χ2n) is 4.02. The predicted octanol–water partition coefficient (Wildman–Crippen LogP) is 1.87. The van der Waals surface area contributed by atoms with Crippen LogP contribution in [-0.4, -0.2) is 37.5 Å². The summed E-state index contributed by atoms with van der Waals surface area (Å²) in [5, 5.41) is 8.88. The summed E-state index contributed by atoms with van der Waals surface area (Å²) in [5.41, 5.74) is 0. The van der Waals surface area contributed by atoms with Crippen molar-refractivity contribution in [2.75, 3.05) is 13.6 Å². The fourth-order valence-electron chi connectivity index (χ4n) is 1.34. The lowest BCUT2D eigenvalue weighted by atomic mass is 10.3. The van der Waals surface area contributed by atoms with Crippen molar-refractivity contribution in [2.24, 2.45) is 0 Å². The van der Waals surface area contributed by atoms with E-state index in [9.17, 15) is 12.8 Å². The van der Waals surface area contributed by atoms with Crippen LogP contribution in [-0.2, 0) is 10.0 Å². The largest absolute Gasteiger partial charge is 0.393 e. The average molecular weight is 296 g/mol. The lowest BCUT2D eigenvalue weighted by molar-refractivity contribution is 0.177. The van der Waals surface area contributed by atoms with E-state index < -0.39 is 26.8 Å². The Morgan fingerprint density at radius 1 is 1.50 bits per heavy atom. The third-order valence-electron chi connectivity index (χ3n) is 2.47. The Morgan fingerprint density at radius 3 is 2.67 bits per heavy atom. The molecule has 1 aromatic carbocycles. The monoisotopic (exact) mass is 295 g/mol. The highest BCUT2D eigenvalue weighted by atomic mass is 35.5. The fourth-order valence-corrected chi connectivity index (χ4v) is 2.84. The molecule has 0 saturated heterocycles. The van der Waals surface area contributed by atoms with Gasteiger partial charge >= 0.3 is 0 Å². The number of aliphatic hydroxyl groups is 1. The van der Waals surface area contributed by atoms with Crippen molar-refractivity contribution in [3.8, 4) is 0 Å². The first-order valence-corrected chi connectivity index (χ1v) is 7.17. The molecule has 0 aliphatic carbocycles. The van der Waals surface area contributed by atoms with Gasteiger partial charge in [0.25, 0.3) is 0 Å². The van der Waals surface area contributed by atoms with Crippen molar-refractivity contribution < 1.29 is 17.9 Å². The Morgan fingerprint density at radius 2 is 2.11 bits per heavy atom. The van der Waals surface area contributed by atoms with Crippen molar-refractivity contribution in [3.05, 3.63) is 29.0 Å². The van der Waals surface area contributed by atoms with E-state index in [-0.39, 0.29) is 18.0 Å². The molecule has 18 heavy (non-hydrogen) atoms. The molecule has 0 amide bonds. The van der Waals surface area contributed by atoms with Crippen molar-refractivity contribution in [2.45, 2.75) is 24.3 Å². The SMILES string of the molecule is CC(O)CCN(C)S(=O)(=O)c1cccc(Cl)c1F. The first kappa shape index (κ1) is 15.4. The van der Waals surface area contributed by atoms with Gasteiger partial charge in [0.05, 0.1) is 11.1 Å². The average Bonchev–Trinajstić information content (AvgIpc) is 2.29. The van der Waals surface area contributed by atoms with Crippen LogP contribution in [0.2, 0.25) is 5.02 Å². The normalized spacial score (nSPS) is 13.9. The first-order valence-electron chi connectivity index (χ1n) is 5.35. The fraction of sp³-hybridized carbons (Fsp3) is 0.455. The van der Waals surface area contributed by atoms with Crippen LogP contribution in [0.5, 0.6) is 0 Å². The minimum atomic E-state index is -3.93. The summed E-state index contributed by atoms with van der Waals surface area (Å²) in [7, 11) is -2.59. The summed E-state index contributed by atoms with van der Waals surface area (Å²) in [4.78, 5) is -0.455. The standard InChI is InChI=1S/C11H15ClFNO3S/c1-8(15)6-7-14(2)18(16,17)10-5-3-4-9(12)11(10)13/h3-5,8,15H,6-7H2,1-2H3. The van der Waals surface area contributed by atoms with Crippen molar-refractivity contribution in [3.63, 3.8) is 0 Å². The highest BCUT2D eigenvalue weighted by Gasteiger charge is 2.25. The molecule has 0 radical (unpaired) electrons. The molecule has 0 spiro atoms. The third-order valence-corrected chi connectivity index (χ3v) is 4.63. The van der Waals surface area contributed by atoms with E-state index in [0.717, 1.165) is 10.4 Å². The highest BCUT2D eigenvalue weighted by molar-refractivity contribution is 7.89. The minimum Gasteiger partial charge on any atom is -0.393 e. The summed E-state index contributed by atoms with van der Waals surface area (Å²) in [6, 6.07) is 3.82. The number of sulfonamides is 1. The molecule has 0 aliphatic heterocycles. The lowest BCUT2D eigenvalue weighted by Gasteiger charge is -2.18. The van der Waals surface area contributed by atoms with Gasteiger partial charge in [-0.1, -0.05) is 17.7 Å². The molecule has 102 valence electrons. The summed E-state index contributed by atoms with van der Waals surface area (Å²) in [5.74, 6) is -0.955. The van der Waals surface area contributed by atoms with Crippen LogP contribution in [0.3, 0.4) is 0 Å². The van der Waals surface area contributed by atoms with Gasteiger partial charge in [-0.15, -0.1) is 0 Å². The topological polar surface area (TPSA) is 57.6 Å². The third kappa shape index (κ3) is 3.41. The molecular weight excluding hydrogens is 281 g/mol. The van der Waals surface area contributed by atoms with E-state index in [1.165, 1.54) is 19.2 Å². The maximum absolute atomic E-state index is 13.7. The molecule has 1 aromatic rings. The second kappa shape index (κ2) is 5.97. The number of benzene rings is 1. The zero-order valence-electron chi connectivity index (χ0n) is 10.1. The number of aliphatic hydroxyl groups excluding tert-OH is 1. The van der Waals surface area contributed by atoms with Gasteiger partial charge in [0.2, 0.25) is 10.0 Å². The Kier molecular flexibility index (Phi) is 5.10. The van der Waals surface area contributed by atoms with Crippen LogP contribution in [0.15, 0.2) is 23.1 Å². The number of hydrogen-bond acceptors (Lipinski definition) is 3. The van der Waals surface area contributed by atoms with E-state index in [1.54, 1.807) is 6.92 Å². The van der Waals surface area contributed by atoms with Gasteiger partial charge in [-0.2, -0.15) is 0 Å². The molecule has 0 bridgehead atoms. The number of halogens is 2. The van der Waals surface area contributed by atoms with Gasteiger partial charge in [0, 0.05) is 13.6 Å². The Hall–Kier alpha value is -0.690. The van der Waals surface area contributed by atoms with Crippen molar-refractivity contribution in [1.82, 2.24) is 4.31 Å². The van der Waals surface area contributed by atoms with Gasteiger partial charge in [-0.25, -0.2) is 17.1 Å². The van der Waals surface area contributed by atoms with Crippen LogP contribution < -0.4 is 0 Å². The van der Waals surface area contributed by atoms with Crippen molar-refractivity contribution >= 4 is 21.6 Å². The summed E-state index contributed by atoms with van der Waals surface area (Å²) in [6.07, 6.45) is -0.343. The molecule has 4 nitrogen and oxygen atoms in total. The number of hydrogen-bond donors (Lipinski definition) is 1. The van der Waals surface area contributed by atoms with Gasteiger partial charge < -0.3 is 5.11 Å². The molecule has 0 fully saturated rings. The van der Waals surface area contributed by atoms with Gasteiger partial charge in [-0.3, -0.25) is 0 Å². The van der Waals surface area contributed by atoms with Crippen LogP contribution in [0.1, 0.15) is 13.3 Å². The second-order valence-corrected chi connectivity index (χ2v) is 6.44. The molecule has 1 unspecified atom stereocenters. The van der Waals surface area contributed by atoms with Gasteiger partial charge in [0.15, 0.2) is 5.82 Å².